The largest absolute Gasteiger partial charge is 0.492 e. The smallest absolute Gasteiger partial charge is 0.243 e. The molecule has 0 aliphatic carbocycles. The number of nitrogen functional groups attached to an aromatic ring is 1. The van der Waals surface area contributed by atoms with Crippen LogP contribution in [0, 0.1) is 5.82 Å². The number of anilines is 1. The number of rotatable bonds is 6. The van der Waals surface area contributed by atoms with Crippen molar-refractivity contribution < 1.29 is 17.5 Å². The van der Waals surface area contributed by atoms with Crippen molar-refractivity contribution in [3.8, 4) is 5.75 Å². The first-order valence-corrected chi connectivity index (χ1v) is 7.06. The fraction of sp³-hybridized carbons (Fsp3) is 0.333. The minimum Gasteiger partial charge on any atom is -0.492 e. The van der Waals surface area contributed by atoms with Gasteiger partial charge in [0, 0.05) is 13.1 Å². The topological polar surface area (TPSA) is 72.6 Å². The summed E-state index contributed by atoms with van der Waals surface area (Å²) in [5, 5.41) is 0. The van der Waals surface area contributed by atoms with Crippen molar-refractivity contribution in [2.75, 3.05) is 25.9 Å². The van der Waals surface area contributed by atoms with Crippen LogP contribution in [0.3, 0.4) is 0 Å². The van der Waals surface area contributed by atoms with Crippen LogP contribution in [0.15, 0.2) is 29.7 Å². The maximum absolute atomic E-state index is 13.7. The highest BCUT2D eigenvalue weighted by Crippen LogP contribution is 2.29. The Kier molecular flexibility index (Phi) is 4.90. The van der Waals surface area contributed by atoms with Crippen molar-refractivity contribution in [2.24, 2.45) is 0 Å². The second-order valence-electron chi connectivity index (χ2n) is 3.77. The zero-order valence-electron chi connectivity index (χ0n) is 10.9. The molecule has 1 aromatic rings. The van der Waals surface area contributed by atoms with Gasteiger partial charge in [-0.05, 0) is 12.1 Å². The highest BCUT2D eigenvalue weighted by atomic mass is 32.2. The van der Waals surface area contributed by atoms with Crippen molar-refractivity contribution >= 4 is 15.7 Å². The molecule has 0 aromatic heterocycles. The fourth-order valence-corrected chi connectivity index (χ4v) is 3.11. The molecule has 5 nitrogen and oxygen atoms in total. The molecule has 0 saturated carbocycles. The van der Waals surface area contributed by atoms with Gasteiger partial charge < -0.3 is 10.5 Å². The van der Waals surface area contributed by atoms with Crippen molar-refractivity contribution in [1.29, 1.82) is 0 Å². The molecule has 0 saturated heterocycles. The molecule has 0 spiro atoms. The molecular weight excluding hydrogens is 271 g/mol. The lowest BCUT2D eigenvalue weighted by Gasteiger charge is -2.19. The van der Waals surface area contributed by atoms with Crippen LogP contribution in [0.25, 0.3) is 0 Å². The summed E-state index contributed by atoms with van der Waals surface area (Å²) in [6, 6.07) is 2.08. The van der Waals surface area contributed by atoms with Gasteiger partial charge in [0.05, 0.1) is 17.7 Å². The number of sulfonamides is 1. The number of methoxy groups -OCH3 is 1. The first-order valence-electron chi connectivity index (χ1n) is 5.62. The van der Waals surface area contributed by atoms with Crippen LogP contribution in [0.4, 0.5) is 10.1 Å². The minimum absolute atomic E-state index is 0.0595. The first kappa shape index (κ1) is 15.5. The predicted molar refractivity (Wildman–Crippen MR) is 72.0 cm³/mol. The number of hydrogen-bond donors (Lipinski definition) is 1. The van der Waals surface area contributed by atoms with E-state index in [1.165, 1.54) is 23.6 Å². The van der Waals surface area contributed by atoms with Crippen LogP contribution < -0.4 is 10.5 Å². The summed E-state index contributed by atoms with van der Waals surface area (Å²) in [5.41, 5.74) is 5.52. The van der Waals surface area contributed by atoms with Gasteiger partial charge in [-0.1, -0.05) is 13.0 Å². The molecule has 1 rings (SSSR count). The van der Waals surface area contributed by atoms with Gasteiger partial charge in [-0.25, -0.2) is 12.8 Å². The number of hydrogen-bond acceptors (Lipinski definition) is 4. The van der Waals surface area contributed by atoms with E-state index < -0.39 is 15.8 Å². The summed E-state index contributed by atoms with van der Waals surface area (Å²) < 4.78 is 44.2. The van der Waals surface area contributed by atoms with Crippen LogP contribution in [0.2, 0.25) is 0 Å². The lowest BCUT2D eigenvalue weighted by atomic mass is 10.3. The molecule has 0 fully saturated rings. The lowest BCUT2D eigenvalue weighted by molar-refractivity contribution is 0.387. The fourth-order valence-electron chi connectivity index (χ4n) is 1.64. The SMILES string of the molecule is C=CCN(CC)S(=O)(=O)c1cc(N)c(OC)c(F)c1. The molecule has 2 N–H and O–H groups in total. The van der Waals surface area contributed by atoms with E-state index in [4.69, 9.17) is 10.5 Å². The van der Waals surface area contributed by atoms with Crippen LogP contribution in [0.5, 0.6) is 5.75 Å². The highest BCUT2D eigenvalue weighted by molar-refractivity contribution is 7.89. The van der Waals surface area contributed by atoms with E-state index in [1.54, 1.807) is 6.92 Å². The number of likely N-dealkylation sites (N-methyl/N-ethyl adjacent to an activating group) is 1. The van der Waals surface area contributed by atoms with E-state index in [2.05, 4.69) is 6.58 Å². The Labute approximate surface area is 112 Å². The molecule has 7 heteroatoms. The summed E-state index contributed by atoms with van der Waals surface area (Å²) in [5.74, 6) is -0.971. The number of nitrogens with two attached hydrogens (primary N) is 1. The van der Waals surface area contributed by atoms with Crippen LogP contribution in [-0.4, -0.2) is 32.9 Å². The van der Waals surface area contributed by atoms with Gasteiger partial charge in [-0.3, -0.25) is 0 Å². The Bertz CT molecular complexity index is 549. The highest BCUT2D eigenvalue weighted by Gasteiger charge is 2.24. The lowest BCUT2D eigenvalue weighted by Crippen LogP contribution is -2.31. The van der Waals surface area contributed by atoms with Gasteiger partial charge >= 0.3 is 0 Å². The van der Waals surface area contributed by atoms with Crippen LogP contribution in [0.1, 0.15) is 6.92 Å². The Morgan fingerprint density at radius 3 is 2.58 bits per heavy atom. The van der Waals surface area contributed by atoms with Crippen molar-refractivity contribution in [2.45, 2.75) is 11.8 Å². The van der Waals surface area contributed by atoms with Crippen molar-refractivity contribution in [3.05, 3.63) is 30.6 Å². The van der Waals surface area contributed by atoms with Gasteiger partial charge in [0.25, 0.3) is 0 Å². The molecule has 19 heavy (non-hydrogen) atoms. The summed E-state index contributed by atoms with van der Waals surface area (Å²) in [6.45, 7) is 5.58. The predicted octanol–water partition coefficient (Wildman–Crippen LogP) is 1.61. The third-order valence-corrected chi connectivity index (χ3v) is 4.49. The molecule has 0 radical (unpaired) electrons. The zero-order valence-corrected chi connectivity index (χ0v) is 11.7. The molecule has 0 unspecified atom stereocenters. The quantitative estimate of drug-likeness (QED) is 0.637. The first-order chi connectivity index (χ1) is 8.88. The summed E-state index contributed by atoms with van der Waals surface area (Å²) in [7, 11) is -2.53. The van der Waals surface area contributed by atoms with E-state index in [0.717, 1.165) is 6.07 Å². The maximum atomic E-state index is 13.7. The molecular formula is C12H17FN2O3S. The second kappa shape index (κ2) is 6.03. The average Bonchev–Trinajstić information content (AvgIpc) is 2.35. The second-order valence-corrected chi connectivity index (χ2v) is 5.71. The zero-order chi connectivity index (χ0) is 14.6. The average molecular weight is 288 g/mol. The van der Waals surface area contributed by atoms with E-state index in [-0.39, 0.29) is 29.4 Å². The molecule has 1 aromatic carbocycles. The van der Waals surface area contributed by atoms with Crippen molar-refractivity contribution in [1.82, 2.24) is 4.31 Å². The molecule has 0 amide bonds. The Balaban J connectivity index is 3.33. The van der Waals surface area contributed by atoms with Crippen molar-refractivity contribution in [3.63, 3.8) is 0 Å². The maximum Gasteiger partial charge on any atom is 0.243 e. The Hall–Kier alpha value is -1.60. The van der Waals surface area contributed by atoms with Gasteiger partial charge in [0.15, 0.2) is 11.6 Å². The standard InChI is InChI=1S/C12H17FN2O3S/c1-4-6-15(5-2)19(16,17)9-7-10(13)12(18-3)11(14)8-9/h4,7-8H,1,5-6,14H2,2-3H3. The third kappa shape index (κ3) is 3.05. The molecule has 0 atom stereocenters. The molecule has 0 heterocycles. The molecule has 0 aliphatic rings. The molecule has 0 aliphatic heterocycles. The van der Waals surface area contributed by atoms with Gasteiger partial charge in [0.1, 0.15) is 0 Å². The number of halogens is 1. The van der Waals surface area contributed by atoms with E-state index in [0.29, 0.717) is 0 Å². The summed E-state index contributed by atoms with van der Waals surface area (Å²) >= 11 is 0. The van der Waals surface area contributed by atoms with E-state index >= 15 is 0 Å². The number of ether oxygens (including phenoxy) is 1. The Morgan fingerprint density at radius 2 is 2.16 bits per heavy atom. The number of benzene rings is 1. The normalized spacial score (nSPS) is 11.6. The molecule has 0 bridgehead atoms. The molecule has 106 valence electrons. The number of nitrogens with zero attached hydrogens (tertiary/aromatic N) is 1. The third-order valence-electron chi connectivity index (χ3n) is 2.57. The van der Waals surface area contributed by atoms with E-state index in [1.807, 2.05) is 0 Å². The monoisotopic (exact) mass is 288 g/mol. The van der Waals surface area contributed by atoms with Gasteiger partial charge in [-0.2, -0.15) is 4.31 Å². The van der Waals surface area contributed by atoms with Crippen LogP contribution >= 0.6 is 0 Å². The Morgan fingerprint density at radius 1 is 1.53 bits per heavy atom. The minimum atomic E-state index is -3.80. The van der Waals surface area contributed by atoms with Gasteiger partial charge in [-0.15, -0.1) is 6.58 Å². The van der Waals surface area contributed by atoms with Crippen LogP contribution in [-0.2, 0) is 10.0 Å². The summed E-state index contributed by atoms with van der Waals surface area (Å²) in [4.78, 5) is -0.202. The van der Waals surface area contributed by atoms with E-state index in [9.17, 15) is 12.8 Å². The summed E-state index contributed by atoms with van der Waals surface area (Å²) in [6.07, 6.45) is 1.46. The van der Waals surface area contributed by atoms with Gasteiger partial charge in [0.2, 0.25) is 10.0 Å².